The molecule has 2 aromatic heterocycles. The minimum atomic E-state index is 0.388. The zero-order valence-electron chi connectivity index (χ0n) is 18.6. The number of hydrogen-bond acceptors (Lipinski definition) is 5. The van der Waals surface area contributed by atoms with E-state index in [2.05, 4.69) is 51.0 Å². The molecule has 32 heavy (non-hydrogen) atoms. The minimum absolute atomic E-state index is 0.388. The summed E-state index contributed by atoms with van der Waals surface area (Å²) < 4.78 is 1.96. The zero-order chi connectivity index (χ0) is 21.9. The Morgan fingerprint density at radius 1 is 1.00 bits per heavy atom. The number of halogens is 1. The van der Waals surface area contributed by atoms with Gasteiger partial charge in [-0.15, -0.1) is 0 Å². The van der Waals surface area contributed by atoms with Crippen molar-refractivity contribution >= 4 is 17.5 Å². The Morgan fingerprint density at radius 2 is 1.75 bits per heavy atom. The first-order chi connectivity index (χ1) is 15.7. The molecule has 2 aliphatic carbocycles. The molecule has 0 aliphatic heterocycles. The second kappa shape index (κ2) is 9.59. The van der Waals surface area contributed by atoms with Gasteiger partial charge >= 0.3 is 0 Å². The molecule has 168 valence electrons. The number of nitrogens with zero attached hydrogens (tertiary/aromatic N) is 4. The molecule has 5 rings (SSSR count). The number of aryl methyl sites for hydroxylation is 1. The Kier molecular flexibility index (Phi) is 6.42. The fourth-order valence-electron chi connectivity index (χ4n) is 4.61. The molecule has 0 saturated heterocycles. The van der Waals surface area contributed by atoms with E-state index in [9.17, 15) is 0 Å². The number of aromatic nitrogens is 4. The number of anilines is 1. The Labute approximate surface area is 194 Å². The van der Waals surface area contributed by atoms with Gasteiger partial charge in [0.1, 0.15) is 0 Å². The van der Waals surface area contributed by atoms with Crippen LogP contribution in [0.5, 0.6) is 0 Å². The molecule has 0 atom stereocenters. The summed E-state index contributed by atoms with van der Waals surface area (Å²) in [5.74, 6) is 1.43. The molecule has 3 aromatic rings. The number of rotatable bonds is 8. The first kappa shape index (κ1) is 21.4. The molecular formula is C25H31ClN6. The van der Waals surface area contributed by atoms with Crippen LogP contribution >= 0.6 is 11.6 Å². The SMILES string of the molecule is Cn1ncc(-c2nc(NC3CCC(NCc4ccccc4)CC3)ncc2Cl)c1CC1CC1. The summed E-state index contributed by atoms with van der Waals surface area (Å²) in [5, 5.41) is 12.3. The third-order valence-electron chi connectivity index (χ3n) is 6.74. The van der Waals surface area contributed by atoms with E-state index in [1.54, 1.807) is 6.20 Å². The summed E-state index contributed by atoms with van der Waals surface area (Å²) in [6, 6.07) is 11.6. The summed E-state index contributed by atoms with van der Waals surface area (Å²) in [6.45, 7) is 0.932. The summed E-state index contributed by atoms with van der Waals surface area (Å²) in [4.78, 5) is 9.28. The molecule has 0 bridgehead atoms. The lowest BCUT2D eigenvalue weighted by molar-refractivity contribution is 0.352. The van der Waals surface area contributed by atoms with E-state index < -0.39 is 0 Å². The van der Waals surface area contributed by atoms with Crippen molar-refractivity contribution in [1.82, 2.24) is 25.1 Å². The molecule has 7 heteroatoms. The number of benzene rings is 1. The molecule has 1 aromatic carbocycles. The van der Waals surface area contributed by atoms with Gasteiger partial charge in [0, 0.05) is 36.9 Å². The Balaban J connectivity index is 1.20. The van der Waals surface area contributed by atoms with Crippen LogP contribution in [0.25, 0.3) is 11.3 Å². The molecule has 6 nitrogen and oxygen atoms in total. The largest absolute Gasteiger partial charge is 0.351 e. The fourth-order valence-corrected chi connectivity index (χ4v) is 4.80. The maximum Gasteiger partial charge on any atom is 0.223 e. The van der Waals surface area contributed by atoms with Crippen molar-refractivity contribution in [1.29, 1.82) is 0 Å². The van der Waals surface area contributed by atoms with Crippen LogP contribution < -0.4 is 10.6 Å². The normalized spacial score (nSPS) is 20.9. The van der Waals surface area contributed by atoms with E-state index >= 15 is 0 Å². The first-order valence-corrected chi connectivity index (χ1v) is 12.1. The molecule has 2 aliphatic rings. The summed E-state index contributed by atoms with van der Waals surface area (Å²) in [5.41, 5.74) is 4.37. The molecule has 0 amide bonds. The van der Waals surface area contributed by atoms with Crippen LogP contribution in [-0.2, 0) is 20.0 Å². The molecule has 2 fully saturated rings. The van der Waals surface area contributed by atoms with Gasteiger partial charge in [-0.3, -0.25) is 4.68 Å². The van der Waals surface area contributed by atoms with Crippen LogP contribution in [0.2, 0.25) is 5.02 Å². The Morgan fingerprint density at radius 3 is 2.50 bits per heavy atom. The molecule has 2 heterocycles. The highest BCUT2D eigenvalue weighted by Gasteiger charge is 2.26. The first-order valence-electron chi connectivity index (χ1n) is 11.7. The number of nitrogens with one attached hydrogen (secondary N) is 2. The minimum Gasteiger partial charge on any atom is -0.351 e. The smallest absolute Gasteiger partial charge is 0.223 e. The van der Waals surface area contributed by atoms with Crippen molar-refractivity contribution in [3.63, 3.8) is 0 Å². The van der Waals surface area contributed by atoms with Crippen LogP contribution in [0.1, 0.15) is 49.8 Å². The van der Waals surface area contributed by atoms with Crippen LogP contribution in [-0.4, -0.2) is 31.8 Å². The maximum atomic E-state index is 6.51. The molecule has 0 unspecified atom stereocenters. The number of hydrogen-bond donors (Lipinski definition) is 2. The van der Waals surface area contributed by atoms with Crippen molar-refractivity contribution < 1.29 is 0 Å². The van der Waals surface area contributed by atoms with Gasteiger partial charge in [-0.05, 0) is 56.4 Å². The third-order valence-corrected chi connectivity index (χ3v) is 7.01. The second-order valence-electron chi connectivity index (χ2n) is 9.23. The highest BCUT2D eigenvalue weighted by molar-refractivity contribution is 6.32. The molecular weight excluding hydrogens is 420 g/mol. The fraction of sp³-hybridized carbons (Fsp3) is 0.480. The lowest BCUT2D eigenvalue weighted by atomic mass is 9.91. The van der Waals surface area contributed by atoms with Crippen LogP contribution in [0.4, 0.5) is 5.95 Å². The van der Waals surface area contributed by atoms with Gasteiger partial charge in [0.25, 0.3) is 0 Å². The lowest BCUT2D eigenvalue weighted by Crippen LogP contribution is -2.36. The quantitative estimate of drug-likeness (QED) is 0.505. The summed E-state index contributed by atoms with van der Waals surface area (Å²) in [7, 11) is 2.00. The summed E-state index contributed by atoms with van der Waals surface area (Å²) >= 11 is 6.51. The Bertz CT molecular complexity index is 1040. The van der Waals surface area contributed by atoms with Crippen molar-refractivity contribution in [3.8, 4) is 11.3 Å². The van der Waals surface area contributed by atoms with Crippen molar-refractivity contribution in [2.24, 2.45) is 13.0 Å². The Hall–Kier alpha value is -2.44. The van der Waals surface area contributed by atoms with Crippen molar-refractivity contribution in [3.05, 3.63) is 59.0 Å². The van der Waals surface area contributed by atoms with E-state index in [1.165, 1.54) is 24.1 Å². The average Bonchev–Trinajstić information content (AvgIpc) is 3.57. The predicted molar refractivity (Wildman–Crippen MR) is 129 cm³/mol. The van der Waals surface area contributed by atoms with E-state index in [0.717, 1.165) is 55.8 Å². The predicted octanol–water partition coefficient (Wildman–Crippen LogP) is 5.00. The average molecular weight is 451 g/mol. The van der Waals surface area contributed by atoms with Crippen LogP contribution in [0.3, 0.4) is 0 Å². The standard InChI is InChI=1S/C25H31ClN6/c1-32-23(13-17-7-8-17)21(15-29-32)24-22(26)16-28-25(31-24)30-20-11-9-19(10-12-20)27-14-18-5-3-2-4-6-18/h2-6,15-17,19-20,27H,7-14H2,1H3,(H,28,30,31). The van der Waals surface area contributed by atoms with Crippen molar-refractivity contribution in [2.75, 3.05) is 5.32 Å². The molecule has 2 saturated carbocycles. The van der Waals surface area contributed by atoms with Crippen LogP contribution in [0, 0.1) is 5.92 Å². The highest BCUT2D eigenvalue weighted by atomic mass is 35.5. The maximum absolute atomic E-state index is 6.51. The summed E-state index contributed by atoms with van der Waals surface area (Å²) in [6.07, 6.45) is 11.8. The molecule has 0 spiro atoms. The topological polar surface area (TPSA) is 67.7 Å². The van der Waals surface area contributed by atoms with E-state index in [4.69, 9.17) is 16.6 Å². The zero-order valence-corrected chi connectivity index (χ0v) is 19.4. The molecule has 2 N–H and O–H groups in total. The van der Waals surface area contributed by atoms with Crippen LogP contribution in [0.15, 0.2) is 42.7 Å². The van der Waals surface area contributed by atoms with Gasteiger partial charge in [0.15, 0.2) is 0 Å². The van der Waals surface area contributed by atoms with E-state index in [0.29, 0.717) is 23.1 Å². The van der Waals surface area contributed by atoms with Gasteiger partial charge in [0.2, 0.25) is 5.95 Å². The van der Waals surface area contributed by atoms with Gasteiger partial charge in [-0.25, -0.2) is 9.97 Å². The van der Waals surface area contributed by atoms with Crippen molar-refractivity contribution in [2.45, 2.75) is 63.6 Å². The van der Waals surface area contributed by atoms with Gasteiger partial charge in [-0.1, -0.05) is 41.9 Å². The van der Waals surface area contributed by atoms with Gasteiger partial charge in [0.05, 0.1) is 23.1 Å². The monoisotopic (exact) mass is 450 g/mol. The lowest BCUT2D eigenvalue weighted by Gasteiger charge is -2.30. The highest BCUT2D eigenvalue weighted by Crippen LogP contribution is 2.37. The molecule has 0 radical (unpaired) electrons. The third kappa shape index (κ3) is 5.13. The second-order valence-corrected chi connectivity index (χ2v) is 9.63. The van der Waals surface area contributed by atoms with E-state index in [-0.39, 0.29) is 0 Å². The van der Waals surface area contributed by atoms with Gasteiger partial charge < -0.3 is 10.6 Å². The van der Waals surface area contributed by atoms with E-state index in [1.807, 2.05) is 17.9 Å². The van der Waals surface area contributed by atoms with Gasteiger partial charge in [-0.2, -0.15) is 5.10 Å².